The third-order valence-corrected chi connectivity index (χ3v) is 10.4. The number of likely N-dealkylation sites (tertiary alicyclic amines) is 1. The van der Waals surface area contributed by atoms with Gasteiger partial charge in [-0.3, -0.25) is 24.0 Å². The van der Waals surface area contributed by atoms with Crippen LogP contribution < -0.4 is 21.3 Å². The van der Waals surface area contributed by atoms with E-state index in [1.54, 1.807) is 25.7 Å². The minimum Gasteiger partial charge on any atom is -0.444 e. The van der Waals surface area contributed by atoms with E-state index in [-0.39, 0.29) is 42.0 Å². The molecule has 1 unspecified atom stereocenters. The van der Waals surface area contributed by atoms with Crippen LogP contribution >= 0.6 is 0 Å². The maximum atomic E-state index is 14.5. The number of carbonyl (C=O) groups excluding carboxylic acids is 6. The Bertz CT molecular complexity index is 1630. The number of hydrogen-bond donors (Lipinski definition) is 4. The summed E-state index contributed by atoms with van der Waals surface area (Å²) in [5.41, 5.74) is 2.11. The second kappa shape index (κ2) is 15.2. The lowest BCUT2D eigenvalue weighted by Crippen LogP contribution is -2.60. The Balaban J connectivity index is 1.28. The van der Waals surface area contributed by atoms with E-state index in [4.69, 9.17) is 4.74 Å². The van der Waals surface area contributed by atoms with Crippen LogP contribution in [0.5, 0.6) is 0 Å². The lowest BCUT2D eigenvalue weighted by atomic mass is 9.93. The van der Waals surface area contributed by atoms with E-state index in [2.05, 4.69) is 35.1 Å². The first-order valence-corrected chi connectivity index (χ1v) is 17.9. The fourth-order valence-electron chi connectivity index (χ4n) is 7.72. The van der Waals surface area contributed by atoms with Crippen LogP contribution in [0.1, 0.15) is 71.1 Å². The molecule has 4 N–H and O–H groups in total. The number of rotatable bonds is 13. The highest BCUT2D eigenvalue weighted by molar-refractivity contribution is 6.38. The lowest BCUT2D eigenvalue weighted by Gasteiger charge is -2.35. The first-order chi connectivity index (χ1) is 24.1. The Kier molecular flexibility index (Phi) is 11.2. The molecule has 3 aliphatic rings. The molecular formula is C39H51N5O7. The number of carbonyl (C=O) groups is 6. The summed E-state index contributed by atoms with van der Waals surface area (Å²) in [5.74, 6) is -3.56. The maximum absolute atomic E-state index is 14.5. The summed E-state index contributed by atoms with van der Waals surface area (Å²) in [5, 5.41) is 10.7. The molecule has 5 atom stereocenters. The highest BCUT2D eigenvalue weighted by Gasteiger charge is 2.69. The van der Waals surface area contributed by atoms with Crippen LogP contribution in [0.3, 0.4) is 0 Å². The van der Waals surface area contributed by atoms with Gasteiger partial charge < -0.3 is 30.9 Å². The van der Waals surface area contributed by atoms with E-state index in [0.717, 1.165) is 16.7 Å². The molecule has 1 aliphatic heterocycles. The van der Waals surface area contributed by atoms with Crippen molar-refractivity contribution in [1.82, 2.24) is 26.2 Å². The van der Waals surface area contributed by atoms with E-state index in [1.807, 2.05) is 61.5 Å². The molecule has 12 nitrogen and oxygen atoms in total. The van der Waals surface area contributed by atoms with Crippen molar-refractivity contribution in [1.29, 1.82) is 0 Å². The molecule has 2 fully saturated rings. The van der Waals surface area contributed by atoms with Crippen LogP contribution in [0.4, 0.5) is 4.79 Å². The number of alkyl carbamates (subject to hydrolysis) is 1. The summed E-state index contributed by atoms with van der Waals surface area (Å²) in [6, 6.07) is 14.2. The number of fused-ring (bicyclic) bond motifs is 2. The molecule has 0 aromatic heterocycles. The third kappa shape index (κ3) is 8.77. The van der Waals surface area contributed by atoms with Gasteiger partial charge in [-0.05, 0) is 79.9 Å². The van der Waals surface area contributed by atoms with Crippen molar-refractivity contribution in [2.45, 2.75) is 97.5 Å². The molecule has 5 amide bonds. The van der Waals surface area contributed by atoms with Crippen LogP contribution in [0.15, 0.2) is 54.6 Å². The molecule has 51 heavy (non-hydrogen) atoms. The van der Waals surface area contributed by atoms with Gasteiger partial charge in [-0.2, -0.15) is 0 Å². The number of ketones is 1. The van der Waals surface area contributed by atoms with Crippen molar-refractivity contribution in [2.75, 3.05) is 13.1 Å². The SMILES string of the molecule is CCCC(NC(=O)[C@@H]1[C@@H]2[C@H](CN1C(=O)[C@@H](NC(=O)OC(C)(C)C)C1Cc3ccccc3C1)C2(C)C)C(=O)C(=O)NCC(=O)NCc1ccccc1. The maximum Gasteiger partial charge on any atom is 0.408 e. The van der Waals surface area contributed by atoms with Gasteiger partial charge in [-0.15, -0.1) is 0 Å². The van der Waals surface area contributed by atoms with E-state index >= 15 is 0 Å². The van der Waals surface area contributed by atoms with Crippen molar-refractivity contribution < 1.29 is 33.5 Å². The average Bonchev–Trinajstić information content (AvgIpc) is 3.43. The monoisotopic (exact) mass is 701 g/mol. The van der Waals surface area contributed by atoms with Crippen LogP contribution in [-0.4, -0.2) is 77.2 Å². The highest BCUT2D eigenvalue weighted by atomic mass is 16.6. The van der Waals surface area contributed by atoms with Crippen molar-refractivity contribution in [2.24, 2.45) is 23.2 Å². The Morgan fingerprint density at radius 3 is 2.14 bits per heavy atom. The standard InChI is InChI=1S/C39H51N5O7/c1-7-13-28(33(46)35(48)41-21-29(45)40-20-23-14-9-8-10-15-23)42-34(47)32-30-27(39(30,5)6)22-44(32)36(49)31(43-37(50)51-38(2,3)4)26-18-24-16-11-12-17-25(24)19-26/h8-12,14-17,26-28,30-32H,7,13,18-22H2,1-6H3,(H,40,45)(H,41,48)(H,42,47)(H,43,50)/t27-,28?,30-,31-,32-/m0/s1. The quantitative estimate of drug-likeness (QED) is 0.233. The van der Waals surface area contributed by atoms with Gasteiger partial charge in [0.25, 0.3) is 5.91 Å². The second-order valence-electron chi connectivity index (χ2n) is 15.6. The van der Waals surface area contributed by atoms with Crippen LogP contribution in [0, 0.1) is 23.2 Å². The minimum absolute atomic E-state index is 0.0539. The number of nitrogens with zero attached hydrogens (tertiary/aromatic N) is 1. The number of benzene rings is 2. The summed E-state index contributed by atoms with van der Waals surface area (Å²) in [6.07, 6.45) is 1.14. The van der Waals surface area contributed by atoms with Gasteiger partial charge in [0, 0.05) is 13.1 Å². The van der Waals surface area contributed by atoms with E-state index in [1.165, 1.54) is 0 Å². The molecule has 0 bridgehead atoms. The zero-order valence-corrected chi connectivity index (χ0v) is 30.4. The number of ether oxygens (including phenoxy) is 1. The van der Waals surface area contributed by atoms with E-state index < -0.39 is 59.9 Å². The zero-order chi connectivity index (χ0) is 37.1. The summed E-state index contributed by atoms with van der Waals surface area (Å²) in [4.78, 5) is 81.9. The number of amides is 5. The predicted molar refractivity (Wildman–Crippen MR) is 190 cm³/mol. The largest absolute Gasteiger partial charge is 0.444 e. The van der Waals surface area contributed by atoms with Gasteiger partial charge in [0.15, 0.2) is 0 Å². The molecule has 1 saturated carbocycles. The molecule has 1 saturated heterocycles. The van der Waals surface area contributed by atoms with Crippen molar-refractivity contribution in [3.8, 4) is 0 Å². The molecule has 2 aliphatic carbocycles. The van der Waals surface area contributed by atoms with Gasteiger partial charge in [0.05, 0.1) is 12.6 Å². The number of hydrogen-bond acceptors (Lipinski definition) is 7. The number of Topliss-reactive ketones (excluding diaryl/α,β-unsaturated/α-hetero) is 1. The first-order valence-electron chi connectivity index (χ1n) is 17.9. The Morgan fingerprint density at radius 2 is 1.53 bits per heavy atom. The molecule has 12 heteroatoms. The van der Waals surface area contributed by atoms with Crippen molar-refractivity contribution >= 4 is 35.5 Å². The zero-order valence-electron chi connectivity index (χ0n) is 30.4. The molecule has 0 radical (unpaired) electrons. The Labute approximate surface area is 299 Å². The molecule has 5 rings (SSSR count). The first kappa shape index (κ1) is 37.5. The van der Waals surface area contributed by atoms with Crippen molar-refractivity contribution in [3.05, 3.63) is 71.3 Å². The molecule has 274 valence electrons. The minimum atomic E-state index is -1.15. The topological polar surface area (TPSA) is 163 Å². The van der Waals surface area contributed by atoms with Gasteiger partial charge in [0.2, 0.25) is 23.5 Å². The Hall–Kier alpha value is -4.74. The molecule has 0 spiro atoms. The van der Waals surface area contributed by atoms with Gasteiger partial charge in [0.1, 0.15) is 17.7 Å². The molecule has 2 aromatic carbocycles. The summed E-state index contributed by atoms with van der Waals surface area (Å²) < 4.78 is 5.55. The summed E-state index contributed by atoms with van der Waals surface area (Å²) in [7, 11) is 0. The predicted octanol–water partition coefficient (Wildman–Crippen LogP) is 3.06. The third-order valence-electron chi connectivity index (χ3n) is 10.4. The molecule has 1 heterocycles. The van der Waals surface area contributed by atoms with Crippen LogP contribution in [0.25, 0.3) is 0 Å². The number of piperidine rings is 1. The van der Waals surface area contributed by atoms with Crippen molar-refractivity contribution in [3.63, 3.8) is 0 Å². The van der Waals surface area contributed by atoms with E-state index in [9.17, 15) is 28.8 Å². The fraction of sp³-hybridized carbons (Fsp3) is 0.538. The lowest BCUT2D eigenvalue weighted by molar-refractivity contribution is -0.144. The van der Waals surface area contributed by atoms with Crippen LogP contribution in [0.2, 0.25) is 0 Å². The number of nitrogens with one attached hydrogen (secondary N) is 4. The van der Waals surface area contributed by atoms with E-state index in [0.29, 0.717) is 25.8 Å². The second-order valence-corrected chi connectivity index (χ2v) is 15.6. The summed E-state index contributed by atoms with van der Waals surface area (Å²) >= 11 is 0. The molecule has 2 aromatic rings. The highest BCUT2D eigenvalue weighted by Crippen LogP contribution is 2.65. The molecular weight excluding hydrogens is 650 g/mol. The normalized spacial score (nSPS) is 21.4. The van der Waals surface area contributed by atoms with Gasteiger partial charge in [-0.1, -0.05) is 81.8 Å². The van der Waals surface area contributed by atoms with Crippen LogP contribution in [-0.2, 0) is 48.1 Å². The average molecular weight is 702 g/mol. The Morgan fingerprint density at radius 1 is 0.902 bits per heavy atom. The fourth-order valence-corrected chi connectivity index (χ4v) is 7.72. The smallest absolute Gasteiger partial charge is 0.408 e. The van der Waals surface area contributed by atoms with Gasteiger partial charge in [-0.25, -0.2) is 4.79 Å². The summed E-state index contributed by atoms with van der Waals surface area (Å²) in [6.45, 7) is 11.4. The van der Waals surface area contributed by atoms with Gasteiger partial charge >= 0.3 is 6.09 Å².